The van der Waals surface area contributed by atoms with Crippen LogP contribution in [-0.2, 0) is 11.2 Å². The fourth-order valence-corrected chi connectivity index (χ4v) is 2.78. The smallest absolute Gasteiger partial charge is 0.168 e. The summed E-state index contributed by atoms with van der Waals surface area (Å²) in [4.78, 5) is 12.6. The highest BCUT2D eigenvalue weighted by atomic mass is 16.1. The summed E-state index contributed by atoms with van der Waals surface area (Å²) in [5.41, 5.74) is 2.98. The predicted octanol–water partition coefficient (Wildman–Crippen LogP) is 4.74. The highest BCUT2D eigenvalue weighted by Crippen LogP contribution is 2.39. The Kier molecular flexibility index (Phi) is 3.73. The van der Waals surface area contributed by atoms with Crippen molar-refractivity contribution < 1.29 is 4.79 Å². The first-order chi connectivity index (χ1) is 9.22. The Morgan fingerprint density at radius 3 is 2.25 bits per heavy atom. The third-order valence-corrected chi connectivity index (χ3v) is 4.00. The fourth-order valence-electron chi connectivity index (χ4n) is 2.78. The van der Waals surface area contributed by atoms with Gasteiger partial charge in [-0.25, -0.2) is 0 Å². The standard InChI is InChI=1S/C19H24O/c1-14-11-16(18(2,3)4)13-19(5,17(14)20)12-15-9-7-6-8-10-15/h6-11,13H,12H2,1-5H3. The summed E-state index contributed by atoms with van der Waals surface area (Å²) in [6.45, 7) is 10.6. The molecule has 0 saturated carbocycles. The molecule has 0 saturated heterocycles. The Bertz CT molecular complexity index is 570. The quantitative estimate of drug-likeness (QED) is 0.757. The highest BCUT2D eigenvalue weighted by molar-refractivity contribution is 6.02. The number of carbonyl (C=O) groups is 1. The van der Waals surface area contributed by atoms with E-state index in [1.54, 1.807) is 0 Å². The van der Waals surface area contributed by atoms with Gasteiger partial charge in [0.15, 0.2) is 5.78 Å². The molecule has 0 aliphatic heterocycles. The molecular formula is C19H24O. The number of allylic oxidation sites excluding steroid dienone is 4. The van der Waals surface area contributed by atoms with Gasteiger partial charge in [-0.2, -0.15) is 0 Å². The van der Waals surface area contributed by atoms with E-state index in [2.05, 4.69) is 52.0 Å². The summed E-state index contributed by atoms with van der Waals surface area (Å²) in [5, 5.41) is 0. The van der Waals surface area contributed by atoms with Crippen LogP contribution in [0.2, 0.25) is 0 Å². The molecule has 1 aromatic carbocycles. The largest absolute Gasteiger partial charge is 0.294 e. The topological polar surface area (TPSA) is 17.1 Å². The molecule has 20 heavy (non-hydrogen) atoms. The Labute approximate surface area is 122 Å². The van der Waals surface area contributed by atoms with E-state index in [4.69, 9.17) is 0 Å². The van der Waals surface area contributed by atoms with Gasteiger partial charge in [-0.3, -0.25) is 4.79 Å². The second kappa shape index (κ2) is 5.05. The first-order valence-electron chi connectivity index (χ1n) is 7.23. The van der Waals surface area contributed by atoms with Crippen molar-refractivity contribution in [2.45, 2.75) is 41.0 Å². The van der Waals surface area contributed by atoms with Crippen LogP contribution in [0, 0.1) is 10.8 Å². The summed E-state index contributed by atoms with van der Waals surface area (Å²) in [7, 11) is 0. The molecule has 0 bridgehead atoms. The molecular weight excluding hydrogens is 244 g/mol. The van der Waals surface area contributed by atoms with Crippen LogP contribution in [0.5, 0.6) is 0 Å². The van der Waals surface area contributed by atoms with E-state index >= 15 is 0 Å². The van der Waals surface area contributed by atoms with Crippen LogP contribution >= 0.6 is 0 Å². The van der Waals surface area contributed by atoms with Crippen molar-refractivity contribution in [1.82, 2.24) is 0 Å². The molecule has 2 rings (SSSR count). The van der Waals surface area contributed by atoms with Crippen LogP contribution in [0.1, 0.15) is 40.2 Å². The van der Waals surface area contributed by atoms with E-state index in [-0.39, 0.29) is 11.2 Å². The minimum absolute atomic E-state index is 0.0694. The molecule has 0 aromatic heterocycles. The minimum Gasteiger partial charge on any atom is -0.294 e. The lowest BCUT2D eigenvalue weighted by Gasteiger charge is -2.33. The van der Waals surface area contributed by atoms with Gasteiger partial charge in [-0.15, -0.1) is 0 Å². The van der Waals surface area contributed by atoms with E-state index in [1.165, 1.54) is 11.1 Å². The van der Waals surface area contributed by atoms with E-state index in [0.717, 1.165) is 12.0 Å². The Balaban J connectivity index is 2.41. The zero-order valence-corrected chi connectivity index (χ0v) is 13.2. The van der Waals surface area contributed by atoms with Gasteiger partial charge in [0.05, 0.1) is 5.41 Å². The minimum atomic E-state index is -0.428. The molecule has 1 aliphatic rings. The number of carbonyl (C=O) groups excluding carboxylic acids is 1. The van der Waals surface area contributed by atoms with Crippen LogP contribution in [0.15, 0.2) is 53.6 Å². The molecule has 1 heteroatoms. The molecule has 1 aromatic rings. The Morgan fingerprint density at radius 2 is 1.70 bits per heavy atom. The predicted molar refractivity (Wildman–Crippen MR) is 84.6 cm³/mol. The van der Waals surface area contributed by atoms with Crippen LogP contribution in [-0.4, -0.2) is 5.78 Å². The lowest BCUT2D eigenvalue weighted by molar-refractivity contribution is -0.122. The molecule has 0 radical (unpaired) electrons. The lowest BCUT2D eigenvalue weighted by atomic mass is 9.69. The average molecular weight is 268 g/mol. The first kappa shape index (κ1) is 14.8. The van der Waals surface area contributed by atoms with Gasteiger partial charge in [0.25, 0.3) is 0 Å². The van der Waals surface area contributed by atoms with Gasteiger partial charge in [-0.1, -0.05) is 63.3 Å². The molecule has 1 unspecified atom stereocenters. The summed E-state index contributed by atoms with van der Waals surface area (Å²) in [6.07, 6.45) is 4.99. The monoisotopic (exact) mass is 268 g/mol. The van der Waals surface area contributed by atoms with Crippen molar-refractivity contribution >= 4 is 5.78 Å². The number of Topliss-reactive ketones (excluding diaryl/α,β-unsaturated/α-hetero) is 1. The summed E-state index contributed by atoms with van der Waals surface area (Å²) < 4.78 is 0. The third-order valence-electron chi connectivity index (χ3n) is 4.00. The van der Waals surface area contributed by atoms with E-state index in [9.17, 15) is 4.79 Å². The van der Waals surface area contributed by atoms with Crippen molar-refractivity contribution in [2.75, 3.05) is 0 Å². The fraction of sp³-hybridized carbons (Fsp3) is 0.421. The van der Waals surface area contributed by atoms with Gasteiger partial charge >= 0.3 is 0 Å². The molecule has 106 valence electrons. The van der Waals surface area contributed by atoms with Crippen LogP contribution in [0.4, 0.5) is 0 Å². The summed E-state index contributed by atoms with van der Waals surface area (Å²) >= 11 is 0. The zero-order valence-electron chi connectivity index (χ0n) is 13.2. The van der Waals surface area contributed by atoms with Crippen molar-refractivity contribution in [3.8, 4) is 0 Å². The molecule has 1 nitrogen and oxygen atoms in total. The van der Waals surface area contributed by atoms with Crippen LogP contribution < -0.4 is 0 Å². The van der Waals surface area contributed by atoms with Gasteiger partial charge < -0.3 is 0 Å². The SMILES string of the molecule is CC1=CC(C(C)(C)C)=CC(C)(Cc2ccccc2)C1=O. The van der Waals surface area contributed by atoms with Crippen molar-refractivity contribution in [2.24, 2.45) is 10.8 Å². The number of hydrogen-bond donors (Lipinski definition) is 0. The van der Waals surface area contributed by atoms with E-state index in [0.29, 0.717) is 0 Å². The second-order valence-corrected chi connectivity index (χ2v) is 7.09. The Hall–Kier alpha value is -1.63. The van der Waals surface area contributed by atoms with Gasteiger partial charge in [0.2, 0.25) is 0 Å². The van der Waals surface area contributed by atoms with Gasteiger partial charge in [0, 0.05) is 0 Å². The average Bonchev–Trinajstić information content (AvgIpc) is 2.35. The molecule has 1 aliphatic carbocycles. The molecule has 0 spiro atoms. The third kappa shape index (κ3) is 2.92. The maximum Gasteiger partial charge on any atom is 0.168 e. The summed E-state index contributed by atoms with van der Waals surface area (Å²) in [5.74, 6) is 0.245. The number of benzene rings is 1. The molecule has 0 fully saturated rings. The highest BCUT2D eigenvalue weighted by Gasteiger charge is 2.36. The van der Waals surface area contributed by atoms with E-state index in [1.807, 2.05) is 25.1 Å². The molecule has 0 N–H and O–H groups in total. The maximum atomic E-state index is 12.6. The second-order valence-electron chi connectivity index (χ2n) is 7.09. The lowest BCUT2D eigenvalue weighted by Crippen LogP contribution is -2.33. The number of hydrogen-bond acceptors (Lipinski definition) is 1. The van der Waals surface area contributed by atoms with E-state index < -0.39 is 5.41 Å². The van der Waals surface area contributed by atoms with Crippen molar-refractivity contribution in [3.05, 3.63) is 59.2 Å². The van der Waals surface area contributed by atoms with Gasteiger partial charge in [-0.05, 0) is 42.4 Å². The van der Waals surface area contributed by atoms with Crippen LogP contribution in [0.3, 0.4) is 0 Å². The maximum absolute atomic E-state index is 12.6. The van der Waals surface area contributed by atoms with Crippen LogP contribution in [0.25, 0.3) is 0 Å². The van der Waals surface area contributed by atoms with Crippen molar-refractivity contribution in [3.63, 3.8) is 0 Å². The number of rotatable bonds is 2. The van der Waals surface area contributed by atoms with Crippen molar-refractivity contribution in [1.29, 1.82) is 0 Å². The first-order valence-corrected chi connectivity index (χ1v) is 7.23. The van der Waals surface area contributed by atoms with Gasteiger partial charge in [0.1, 0.15) is 0 Å². The normalized spacial score (nSPS) is 23.4. The number of ketones is 1. The molecule has 0 amide bonds. The Morgan fingerprint density at radius 1 is 1.10 bits per heavy atom. The zero-order chi connectivity index (χ0) is 15.0. The molecule has 0 heterocycles. The molecule has 1 atom stereocenters. The summed E-state index contributed by atoms with van der Waals surface area (Å²) in [6, 6.07) is 10.3.